The van der Waals surface area contributed by atoms with Gasteiger partial charge in [0.25, 0.3) is 5.91 Å². The van der Waals surface area contributed by atoms with Gasteiger partial charge in [0.05, 0.1) is 5.69 Å². The van der Waals surface area contributed by atoms with Gasteiger partial charge in [0.1, 0.15) is 17.5 Å². The van der Waals surface area contributed by atoms with Gasteiger partial charge in [0.2, 0.25) is 0 Å². The fourth-order valence-corrected chi connectivity index (χ4v) is 3.67. The van der Waals surface area contributed by atoms with Crippen molar-refractivity contribution in [2.75, 3.05) is 5.32 Å². The van der Waals surface area contributed by atoms with Gasteiger partial charge in [-0.2, -0.15) is 5.26 Å². The van der Waals surface area contributed by atoms with Crippen molar-refractivity contribution in [1.29, 1.82) is 5.26 Å². The minimum Gasteiger partial charge on any atom is -0.319 e. The van der Waals surface area contributed by atoms with E-state index in [0.717, 1.165) is 26.5 Å². The van der Waals surface area contributed by atoms with Gasteiger partial charge in [0, 0.05) is 8.95 Å². The predicted octanol–water partition coefficient (Wildman–Crippen LogP) is 6.49. The van der Waals surface area contributed by atoms with Crippen LogP contribution in [0.4, 0.5) is 10.1 Å². The largest absolute Gasteiger partial charge is 0.319 e. The molecule has 1 N–H and O–H groups in total. The number of rotatable bonds is 5. The maximum atomic E-state index is 13.7. The Hall–Kier alpha value is -2.75. The van der Waals surface area contributed by atoms with Crippen LogP contribution in [0.25, 0.3) is 6.08 Å². The molecule has 0 bridgehead atoms. The third-order valence-electron chi connectivity index (χ3n) is 4.21. The minimum atomic E-state index is -0.661. The van der Waals surface area contributed by atoms with Crippen LogP contribution in [0.1, 0.15) is 16.7 Å². The summed E-state index contributed by atoms with van der Waals surface area (Å²) in [4.78, 5) is 12.3. The summed E-state index contributed by atoms with van der Waals surface area (Å²) < 4.78 is 15.6. The molecule has 3 nitrogen and oxygen atoms in total. The summed E-state index contributed by atoms with van der Waals surface area (Å²) in [6.07, 6.45) is 2.20. The van der Waals surface area contributed by atoms with Crippen molar-refractivity contribution in [2.24, 2.45) is 0 Å². The van der Waals surface area contributed by atoms with Crippen LogP contribution in [0, 0.1) is 17.1 Å². The first kappa shape index (κ1) is 21.0. The maximum absolute atomic E-state index is 13.7. The molecule has 0 unspecified atom stereocenters. The molecule has 0 aliphatic rings. The lowest BCUT2D eigenvalue weighted by Crippen LogP contribution is -2.14. The Morgan fingerprint density at radius 1 is 1.00 bits per heavy atom. The molecule has 0 saturated heterocycles. The number of nitrogens with zero attached hydrogens (tertiary/aromatic N) is 1. The van der Waals surface area contributed by atoms with Crippen LogP contribution in [0.5, 0.6) is 0 Å². The number of hydrogen-bond acceptors (Lipinski definition) is 2. The highest BCUT2D eigenvalue weighted by atomic mass is 79.9. The van der Waals surface area contributed by atoms with E-state index in [2.05, 4.69) is 37.2 Å². The molecule has 0 saturated carbocycles. The Bertz CT molecular complexity index is 1140. The standard InChI is InChI=1S/C23H15Br2FN2O/c24-19-6-2-1-5-16(19)13-17-10-9-15(12-20(17)25)11-18(14-27)23(29)28-22-8-4-3-7-21(22)26/h1-12H,13H2,(H,28,29)/b18-11+. The molecule has 3 aromatic carbocycles. The smallest absolute Gasteiger partial charge is 0.266 e. The van der Waals surface area contributed by atoms with Gasteiger partial charge in [-0.3, -0.25) is 4.79 Å². The Morgan fingerprint density at radius 3 is 2.38 bits per heavy atom. The molecule has 0 aliphatic heterocycles. The number of nitriles is 1. The number of hydrogen-bond donors (Lipinski definition) is 1. The zero-order valence-electron chi connectivity index (χ0n) is 15.1. The number of para-hydroxylation sites is 1. The van der Waals surface area contributed by atoms with E-state index >= 15 is 0 Å². The molecule has 0 spiro atoms. The lowest BCUT2D eigenvalue weighted by atomic mass is 10.0. The Kier molecular flexibility index (Phi) is 6.97. The van der Waals surface area contributed by atoms with Crippen LogP contribution in [0.2, 0.25) is 0 Å². The molecule has 3 rings (SSSR count). The van der Waals surface area contributed by atoms with E-state index in [1.54, 1.807) is 6.07 Å². The monoisotopic (exact) mass is 512 g/mol. The van der Waals surface area contributed by atoms with Crippen molar-refractivity contribution in [1.82, 2.24) is 0 Å². The molecule has 0 fully saturated rings. The molecule has 0 radical (unpaired) electrons. The van der Waals surface area contributed by atoms with E-state index in [9.17, 15) is 14.4 Å². The van der Waals surface area contributed by atoms with Crippen molar-refractivity contribution in [3.8, 4) is 6.07 Å². The van der Waals surface area contributed by atoms with Crippen LogP contribution in [-0.2, 0) is 11.2 Å². The van der Waals surface area contributed by atoms with E-state index in [1.807, 2.05) is 48.5 Å². The second kappa shape index (κ2) is 9.64. The number of halogens is 3. The third kappa shape index (κ3) is 5.41. The molecule has 144 valence electrons. The Morgan fingerprint density at radius 2 is 1.69 bits per heavy atom. The summed E-state index contributed by atoms with van der Waals surface area (Å²) in [7, 11) is 0. The summed E-state index contributed by atoms with van der Waals surface area (Å²) in [5, 5.41) is 11.8. The molecule has 0 heterocycles. The SMILES string of the molecule is N#C/C(=C\c1ccc(Cc2ccccc2Br)c(Br)c1)C(=O)Nc1ccccc1F. The molecule has 0 atom stereocenters. The van der Waals surface area contributed by atoms with Crippen LogP contribution in [0.3, 0.4) is 0 Å². The zero-order valence-corrected chi connectivity index (χ0v) is 18.3. The highest BCUT2D eigenvalue weighted by Gasteiger charge is 2.12. The average Bonchev–Trinajstić information content (AvgIpc) is 2.71. The van der Waals surface area contributed by atoms with Gasteiger partial charge in [-0.15, -0.1) is 0 Å². The second-order valence-electron chi connectivity index (χ2n) is 6.22. The predicted molar refractivity (Wildman–Crippen MR) is 120 cm³/mol. The van der Waals surface area contributed by atoms with Crippen LogP contribution in [-0.4, -0.2) is 5.91 Å². The van der Waals surface area contributed by atoms with Crippen molar-refractivity contribution in [3.05, 3.63) is 104 Å². The molecular weight excluding hydrogens is 499 g/mol. The maximum Gasteiger partial charge on any atom is 0.266 e. The number of carbonyl (C=O) groups is 1. The Balaban J connectivity index is 1.80. The van der Waals surface area contributed by atoms with Gasteiger partial charge in [-0.05, 0) is 53.5 Å². The number of benzene rings is 3. The summed E-state index contributed by atoms with van der Waals surface area (Å²) in [6, 6.07) is 21.3. The van der Waals surface area contributed by atoms with Crippen LogP contribution >= 0.6 is 31.9 Å². The molecule has 0 aliphatic carbocycles. The Labute approximate surface area is 185 Å². The quantitative estimate of drug-likeness (QED) is 0.313. The summed E-state index contributed by atoms with van der Waals surface area (Å²) >= 11 is 7.11. The number of amides is 1. The minimum absolute atomic E-state index is 0.0311. The molecule has 0 aromatic heterocycles. The first-order valence-electron chi connectivity index (χ1n) is 8.67. The van der Waals surface area contributed by atoms with Gasteiger partial charge < -0.3 is 5.32 Å². The van der Waals surface area contributed by atoms with Crippen molar-refractivity contribution < 1.29 is 9.18 Å². The fourth-order valence-electron chi connectivity index (χ4n) is 2.71. The van der Waals surface area contributed by atoms with Crippen LogP contribution in [0.15, 0.2) is 81.2 Å². The van der Waals surface area contributed by atoms with Gasteiger partial charge in [-0.25, -0.2) is 4.39 Å². The highest BCUT2D eigenvalue weighted by molar-refractivity contribution is 9.10. The highest BCUT2D eigenvalue weighted by Crippen LogP contribution is 2.26. The van der Waals surface area contributed by atoms with Crippen molar-refractivity contribution >= 4 is 49.5 Å². The van der Waals surface area contributed by atoms with E-state index in [0.29, 0.717) is 5.56 Å². The molecular formula is C23H15Br2FN2O. The van der Waals surface area contributed by atoms with Gasteiger partial charge in [0.15, 0.2) is 0 Å². The topological polar surface area (TPSA) is 52.9 Å². The molecule has 3 aromatic rings. The average molecular weight is 514 g/mol. The van der Waals surface area contributed by atoms with E-state index in [1.165, 1.54) is 24.3 Å². The van der Waals surface area contributed by atoms with Crippen LogP contribution < -0.4 is 5.32 Å². The van der Waals surface area contributed by atoms with E-state index in [-0.39, 0.29) is 11.3 Å². The van der Waals surface area contributed by atoms with Crippen molar-refractivity contribution in [3.63, 3.8) is 0 Å². The van der Waals surface area contributed by atoms with Gasteiger partial charge in [-0.1, -0.05) is 74.3 Å². The fraction of sp³-hybridized carbons (Fsp3) is 0.0435. The normalized spacial score (nSPS) is 11.0. The third-order valence-corrected chi connectivity index (χ3v) is 5.73. The molecule has 6 heteroatoms. The van der Waals surface area contributed by atoms with E-state index in [4.69, 9.17) is 0 Å². The first-order valence-corrected chi connectivity index (χ1v) is 10.3. The lowest BCUT2D eigenvalue weighted by Gasteiger charge is -2.08. The van der Waals surface area contributed by atoms with Crippen molar-refractivity contribution in [2.45, 2.75) is 6.42 Å². The van der Waals surface area contributed by atoms with E-state index < -0.39 is 11.7 Å². The summed E-state index contributed by atoms with van der Waals surface area (Å²) in [5.41, 5.74) is 2.83. The van der Waals surface area contributed by atoms with Gasteiger partial charge >= 0.3 is 0 Å². The number of nitrogens with one attached hydrogen (secondary N) is 1. The molecule has 1 amide bonds. The summed E-state index contributed by atoms with van der Waals surface area (Å²) in [6.45, 7) is 0. The number of anilines is 1. The summed E-state index contributed by atoms with van der Waals surface area (Å²) in [5.74, 6) is -1.22. The molecule has 29 heavy (non-hydrogen) atoms. The lowest BCUT2D eigenvalue weighted by molar-refractivity contribution is -0.112. The first-order chi connectivity index (χ1) is 14.0. The zero-order chi connectivity index (χ0) is 20.8. The second-order valence-corrected chi connectivity index (χ2v) is 7.93. The number of carbonyl (C=O) groups excluding carboxylic acids is 1.